The van der Waals surface area contributed by atoms with Crippen molar-refractivity contribution < 1.29 is 4.74 Å². The second-order valence-corrected chi connectivity index (χ2v) is 8.00. The molecule has 4 fully saturated rings. The Morgan fingerprint density at radius 2 is 1.86 bits per heavy atom. The first kappa shape index (κ1) is 14.5. The number of piperazine rings is 1. The van der Waals surface area contributed by atoms with Crippen molar-refractivity contribution in [2.24, 2.45) is 5.92 Å². The van der Waals surface area contributed by atoms with Crippen molar-refractivity contribution in [3.05, 3.63) is 0 Å². The van der Waals surface area contributed by atoms with Gasteiger partial charge in [0.1, 0.15) is 0 Å². The summed E-state index contributed by atoms with van der Waals surface area (Å²) in [6.07, 6.45) is 14.5. The summed E-state index contributed by atoms with van der Waals surface area (Å²) in [5.74, 6) is 0.973. The summed E-state index contributed by atoms with van der Waals surface area (Å²) in [6, 6.07) is 0.765. The van der Waals surface area contributed by atoms with Crippen LogP contribution in [0.1, 0.15) is 64.2 Å². The summed E-state index contributed by atoms with van der Waals surface area (Å²) >= 11 is 0. The molecular weight excluding hydrogens is 260 g/mol. The number of hydrogen-bond acceptors (Lipinski definition) is 3. The van der Waals surface area contributed by atoms with Crippen LogP contribution < -0.4 is 5.32 Å². The molecule has 2 saturated heterocycles. The van der Waals surface area contributed by atoms with Gasteiger partial charge in [0.2, 0.25) is 0 Å². The quantitative estimate of drug-likeness (QED) is 0.865. The highest BCUT2D eigenvalue weighted by Crippen LogP contribution is 2.40. The van der Waals surface area contributed by atoms with Gasteiger partial charge in [-0.3, -0.25) is 4.90 Å². The Balaban J connectivity index is 1.45. The maximum absolute atomic E-state index is 6.06. The molecule has 2 aliphatic carbocycles. The zero-order chi connectivity index (χ0) is 14.1. The third kappa shape index (κ3) is 3.16. The van der Waals surface area contributed by atoms with E-state index in [1.807, 2.05) is 0 Å². The molecule has 0 radical (unpaired) electrons. The third-order valence-electron chi connectivity index (χ3n) is 6.45. The Bertz CT molecular complexity index is 343. The first-order valence-electron chi connectivity index (χ1n) is 9.46. The summed E-state index contributed by atoms with van der Waals surface area (Å²) in [6.45, 7) is 4.71. The van der Waals surface area contributed by atoms with Crippen molar-refractivity contribution in [3.63, 3.8) is 0 Å². The van der Waals surface area contributed by atoms with Gasteiger partial charge >= 0.3 is 0 Å². The summed E-state index contributed by atoms with van der Waals surface area (Å²) in [7, 11) is 0. The number of nitrogens with zero attached hydrogens (tertiary/aromatic N) is 1. The van der Waals surface area contributed by atoms with Gasteiger partial charge < -0.3 is 10.1 Å². The van der Waals surface area contributed by atoms with E-state index in [2.05, 4.69) is 10.2 Å². The average Bonchev–Trinajstić information content (AvgIpc) is 3.37. The molecule has 0 aromatic carbocycles. The van der Waals surface area contributed by atoms with Gasteiger partial charge in [-0.1, -0.05) is 19.3 Å². The number of nitrogens with one attached hydrogen (secondary N) is 1. The maximum Gasteiger partial charge on any atom is 0.0702 e. The first-order chi connectivity index (χ1) is 10.4. The Morgan fingerprint density at radius 1 is 1.00 bits per heavy atom. The van der Waals surface area contributed by atoms with Crippen LogP contribution in [0, 0.1) is 5.92 Å². The molecule has 0 aromatic rings. The monoisotopic (exact) mass is 292 g/mol. The molecule has 0 bridgehead atoms. The van der Waals surface area contributed by atoms with E-state index in [0.29, 0.717) is 11.6 Å². The normalized spacial score (nSPS) is 37.7. The SMILES string of the molecule is C1CCC2(CC1)CNC(C1CC1)CN2CC1CCCCO1. The van der Waals surface area contributed by atoms with Gasteiger partial charge in [-0.2, -0.15) is 0 Å². The largest absolute Gasteiger partial charge is 0.377 e. The summed E-state index contributed by atoms with van der Waals surface area (Å²) in [4.78, 5) is 2.88. The lowest BCUT2D eigenvalue weighted by atomic mass is 9.77. The summed E-state index contributed by atoms with van der Waals surface area (Å²) in [5.41, 5.74) is 0.463. The van der Waals surface area contributed by atoms with E-state index < -0.39 is 0 Å². The molecule has 2 atom stereocenters. The van der Waals surface area contributed by atoms with E-state index in [-0.39, 0.29) is 0 Å². The molecule has 1 N–H and O–H groups in total. The van der Waals surface area contributed by atoms with Crippen LogP contribution in [-0.4, -0.2) is 48.8 Å². The first-order valence-corrected chi connectivity index (χ1v) is 9.46. The average molecular weight is 292 g/mol. The predicted octanol–water partition coefficient (Wildman–Crippen LogP) is 2.94. The van der Waals surface area contributed by atoms with Crippen LogP contribution in [0.5, 0.6) is 0 Å². The molecule has 2 heterocycles. The van der Waals surface area contributed by atoms with Gasteiger partial charge in [-0.05, 0) is 50.9 Å². The van der Waals surface area contributed by atoms with Gasteiger partial charge in [-0.25, -0.2) is 0 Å². The van der Waals surface area contributed by atoms with Gasteiger partial charge in [0.25, 0.3) is 0 Å². The second-order valence-electron chi connectivity index (χ2n) is 8.00. The van der Waals surface area contributed by atoms with Crippen LogP contribution in [0.15, 0.2) is 0 Å². The van der Waals surface area contributed by atoms with E-state index in [1.54, 1.807) is 0 Å². The zero-order valence-corrected chi connectivity index (χ0v) is 13.5. The molecule has 1 spiro atoms. The minimum Gasteiger partial charge on any atom is -0.377 e. The lowest BCUT2D eigenvalue weighted by Gasteiger charge is -2.53. The molecule has 2 saturated carbocycles. The van der Waals surface area contributed by atoms with Crippen molar-refractivity contribution in [1.29, 1.82) is 0 Å². The van der Waals surface area contributed by atoms with E-state index in [1.165, 1.54) is 83.8 Å². The third-order valence-corrected chi connectivity index (χ3v) is 6.45. The molecule has 4 rings (SSSR count). The van der Waals surface area contributed by atoms with Crippen LogP contribution in [0.2, 0.25) is 0 Å². The molecule has 4 aliphatic rings. The van der Waals surface area contributed by atoms with Crippen LogP contribution in [0.3, 0.4) is 0 Å². The Hall–Kier alpha value is -0.120. The number of rotatable bonds is 3. The van der Waals surface area contributed by atoms with Gasteiger partial charge in [0, 0.05) is 37.8 Å². The topological polar surface area (TPSA) is 24.5 Å². The highest BCUT2D eigenvalue weighted by atomic mass is 16.5. The number of hydrogen-bond donors (Lipinski definition) is 1. The van der Waals surface area contributed by atoms with Crippen LogP contribution >= 0.6 is 0 Å². The highest BCUT2D eigenvalue weighted by Gasteiger charge is 2.46. The van der Waals surface area contributed by atoms with Gasteiger partial charge in [0.05, 0.1) is 6.10 Å². The predicted molar refractivity (Wildman–Crippen MR) is 85.5 cm³/mol. The molecule has 0 amide bonds. The van der Waals surface area contributed by atoms with Crippen molar-refractivity contribution in [2.45, 2.75) is 81.9 Å². The molecule has 2 unspecified atom stereocenters. The number of ether oxygens (including phenoxy) is 1. The van der Waals surface area contributed by atoms with E-state index in [9.17, 15) is 0 Å². The van der Waals surface area contributed by atoms with Crippen molar-refractivity contribution in [1.82, 2.24) is 10.2 Å². The van der Waals surface area contributed by atoms with Crippen molar-refractivity contribution in [3.8, 4) is 0 Å². The van der Waals surface area contributed by atoms with E-state index in [0.717, 1.165) is 18.6 Å². The zero-order valence-electron chi connectivity index (χ0n) is 13.5. The minimum absolute atomic E-state index is 0.463. The van der Waals surface area contributed by atoms with Crippen molar-refractivity contribution in [2.75, 3.05) is 26.2 Å². The fraction of sp³-hybridized carbons (Fsp3) is 1.00. The molecule has 120 valence electrons. The Labute approximate surface area is 129 Å². The summed E-state index contributed by atoms with van der Waals surface area (Å²) in [5, 5.41) is 3.93. The van der Waals surface area contributed by atoms with E-state index >= 15 is 0 Å². The molecule has 2 aliphatic heterocycles. The van der Waals surface area contributed by atoms with Crippen molar-refractivity contribution >= 4 is 0 Å². The summed E-state index contributed by atoms with van der Waals surface area (Å²) < 4.78 is 6.06. The molecule has 3 heteroatoms. The van der Waals surface area contributed by atoms with Crippen LogP contribution in [0.4, 0.5) is 0 Å². The van der Waals surface area contributed by atoms with E-state index in [4.69, 9.17) is 4.74 Å². The molecule has 21 heavy (non-hydrogen) atoms. The Kier molecular flexibility index (Phi) is 4.25. The minimum atomic E-state index is 0.463. The van der Waals surface area contributed by atoms with Gasteiger partial charge in [-0.15, -0.1) is 0 Å². The fourth-order valence-electron chi connectivity index (χ4n) is 4.91. The molecule has 3 nitrogen and oxygen atoms in total. The van der Waals surface area contributed by atoms with Crippen LogP contribution in [-0.2, 0) is 4.74 Å². The maximum atomic E-state index is 6.06. The smallest absolute Gasteiger partial charge is 0.0702 e. The Morgan fingerprint density at radius 3 is 2.57 bits per heavy atom. The lowest BCUT2D eigenvalue weighted by molar-refractivity contribution is -0.0583. The lowest BCUT2D eigenvalue weighted by Crippen LogP contribution is -2.66. The highest BCUT2D eigenvalue weighted by molar-refractivity contribution is 5.04. The standard InChI is InChI=1S/C18H32N2O/c1-3-9-18(10-4-1)14-19-17(15-7-8-15)13-20(18)12-16-6-2-5-11-21-16/h15-17,19H,1-14H2. The van der Waals surface area contributed by atoms with Gasteiger partial charge in [0.15, 0.2) is 0 Å². The molecular formula is C18H32N2O. The fourth-order valence-corrected chi connectivity index (χ4v) is 4.91. The van der Waals surface area contributed by atoms with Crippen LogP contribution in [0.25, 0.3) is 0 Å². The second kappa shape index (κ2) is 6.17. The molecule has 0 aromatic heterocycles.